The first-order chi connectivity index (χ1) is 13.0. The van der Waals surface area contributed by atoms with Gasteiger partial charge in [0.1, 0.15) is 23.9 Å². The topological polar surface area (TPSA) is 50.6 Å². The molecule has 1 aliphatic heterocycles. The minimum Gasteiger partial charge on any atom is -0.474 e. The van der Waals surface area contributed by atoms with Gasteiger partial charge in [0.2, 0.25) is 5.88 Å². The summed E-state index contributed by atoms with van der Waals surface area (Å²) in [4.78, 5) is 15.2. The van der Waals surface area contributed by atoms with Gasteiger partial charge < -0.3 is 14.5 Å². The lowest BCUT2D eigenvalue weighted by Gasteiger charge is -2.15. The molecule has 0 N–H and O–H groups in total. The molecule has 1 aromatic heterocycles. The summed E-state index contributed by atoms with van der Waals surface area (Å²) in [6.45, 7) is 1.92. The van der Waals surface area contributed by atoms with Crippen LogP contribution in [-0.2, 0) is 0 Å². The van der Waals surface area contributed by atoms with Gasteiger partial charge in [0.05, 0.1) is 17.4 Å². The molecule has 27 heavy (non-hydrogen) atoms. The van der Waals surface area contributed by atoms with Gasteiger partial charge in [0.15, 0.2) is 0 Å². The second-order valence-corrected chi connectivity index (χ2v) is 6.37. The van der Waals surface area contributed by atoms with E-state index >= 15 is 0 Å². The van der Waals surface area contributed by atoms with Crippen molar-refractivity contribution in [2.24, 2.45) is 0 Å². The van der Waals surface area contributed by atoms with Gasteiger partial charge in [0.25, 0.3) is 0 Å². The Labute approximate surface area is 154 Å². The molecular weight excluding hydrogens is 354 g/mol. The van der Waals surface area contributed by atoms with E-state index < -0.39 is 11.6 Å². The van der Waals surface area contributed by atoms with Gasteiger partial charge in [-0.05, 0) is 30.3 Å². The van der Waals surface area contributed by atoms with Crippen molar-refractivity contribution in [2.45, 2.75) is 0 Å². The maximum absolute atomic E-state index is 14.2. The second kappa shape index (κ2) is 6.86. The fourth-order valence-electron chi connectivity index (χ4n) is 3.14. The average molecular weight is 372 g/mol. The van der Waals surface area contributed by atoms with Gasteiger partial charge in [-0.25, -0.2) is 18.3 Å². The number of rotatable bonds is 5. The summed E-state index contributed by atoms with van der Waals surface area (Å²) in [7, 11) is 1.75. The molecule has 4 rings (SSSR count). The molecule has 6 nitrogen and oxygen atoms in total. The summed E-state index contributed by atoms with van der Waals surface area (Å²) < 4.78 is 35.1. The lowest BCUT2D eigenvalue weighted by atomic mass is 10.2. The Morgan fingerprint density at radius 2 is 1.96 bits per heavy atom. The van der Waals surface area contributed by atoms with Gasteiger partial charge in [-0.15, -0.1) is 5.10 Å². The predicted molar refractivity (Wildman–Crippen MR) is 96.1 cm³/mol. The lowest BCUT2D eigenvalue weighted by molar-refractivity contribution is 0.187. The van der Waals surface area contributed by atoms with Gasteiger partial charge in [0, 0.05) is 20.1 Å². The molecule has 2 aromatic carbocycles. The van der Waals surface area contributed by atoms with E-state index in [1.54, 1.807) is 35.0 Å². The minimum atomic E-state index is -0.441. The van der Waals surface area contributed by atoms with Crippen molar-refractivity contribution in [3.8, 4) is 11.6 Å². The van der Waals surface area contributed by atoms with Gasteiger partial charge in [-0.1, -0.05) is 12.1 Å². The monoisotopic (exact) mass is 372 g/mol. The van der Waals surface area contributed by atoms with E-state index in [0.29, 0.717) is 30.5 Å². The van der Waals surface area contributed by atoms with Crippen LogP contribution in [0.4, 0.5) is 13.6 Å². The van der Waals surface area contributed by atoms with Crippen molar-refractivity contribution in [2.75, 3.05) is 33.3 Å². The van der Waals surface area contributed by atoms with Crippen LogP contribution in [0.25, 0.3) is 16.6 Å². The van der Waals surface area contributed by atoms with Crippen LogP contribution in [0.15, 0.2) is 42.5 Å². The Hall–Kier alpha value is -3.16. The minimum absolute atomic E-state index is 0.0496. The van der Waals surface area contributed by atoms with Gasteiger partial charge in [-0.3, -0.25) is 0 Å². The van der Waals surface area contributed by atoms with Crippen LogP contribution in [0.2, 0.25) is 0 Å². The van der Waals surface area contributed by atoms with Crippen LogP contribution < -0.4 is 4.74 Å². The summed E-state index contributed by atoms with van der Waals surface area (Å²) in [5.41, 5.74) is 0.786. The summed E-state index contributed by atoms with van der Waals surface area (Å²) >= 11 is 0. The van der Waals surface area contributed by atoms with Crippen molar-refractivity contribution in [3.05, 3.63) is 54.1 Å². The Balaban J connectivity index is 1.62. The van der Waals surface area contributed by atoms with Crippen LogP contribution in [0.5, 0.6) is 5.88 Å². The maximum Gasteiger partial charge on any atom is 0.319 e. The third-order valence-electron chi connectivity index (χ3n) is 4.59. The number of para-hydroxylation sites is 1. The molecule has 0 bridgehead atoms. The number of benzene rings is 2. The van der Waals surface area contributed by atoms with E-state index in [0.717, 1.165) is 0 Å². The summed E-state index contributed by atoms with van der Waals surface area (Å²) in [6.07, 6.45) is 0. The number of halogens is 2. The normalized spacial score (nSPS) is 14.4. The standard InChI is InChI=1S/C19H18F2N4O2/c1-23-8-9-24(19(23)26)10-11-27-18-14-12-13(20)6-7-16(14)25(22-18)17-5-3-2-4-15(17)21/h2-7,12H,8-11H2,1H3. The predicted octanol–water partition coefficient (Wildman–Crippen LogP) is 3.05. The molecule has 1 saturated heterocycles. The van der Waals surface area contributed by atoms with Crippen molar-refractivity contribution in [1.82, 2.24) is 19.6 Å². The molecule has 3 aromatic rings. The summed E-state index contributed by atoms with van der Waals surface area (Å²) in [6, 6.07) is 10.3. The third-order valence-corrected chi connectivity index (χ3v) is 4.59. The van der Waals surface area contributed by atoms with E-state index in [-0.39, 0.29) is 24.2 Å². The van der Waals surface area contributed by atoms with Crippen molar-refractivity contribution in [1.29, 1.82) is 0 Å². The average Bonchev–Trinajstić information content (AvgIpc) is 3.17. The Morgan fingerprint density at radius 3 is 2.70 bits per heavy atom. The number of hydrogen-bond acceptors (Lipinski definition) is 3. The SMILES string of the molecule is CN1CCN(CCOc2nn(-c3ccccc3F)c3ccc(F)cc23)C1=O. The first-order valence-corrected chi connectivity index (χ1v) is 8.60. The van der Waals surface area contributed by atoms with E-state index in [9.17, 15) is 13.6 Å². The van der Waals surface area contributed by atoms with Crippen LogP contribution >= 0.6 is 0 Å². The highest BCUT2D eigenvalue weighted by Crippen LogP contribution is 2.29. The van der Waals surface area contributed by atoms with E-state index in [4.69, 9.17) is 4.74 Å². The molecule has 2 amide bonds. The molecule has 1 aliphatic rings. The molecule has 1 fully saturated rings. The molecular formula is C19H18F2N4O2. The first-order valence-electron chi connectivity index (χ1n) is 8.60. The highest BCUT2D eigenvalue weighted by atomic mass is 19.1. The first kappa shape index (κ1) is 17.3. The second-order valence-electron chi connectivity index (χ2n) is 6.37. The molecule has 0 spiro atoms. The number of amides is 2. The van der Waals surface area contributed by atoms with E-state index in [2.05, 4.69) is 5.10 Å². The van der Waals surface area contributed by atoms with Crippen molar-refractivity contribution in [3.63, 3.8) is 0 Å². The van der Waals surface area contributed by atoms with E-state index in [1.807, 2.05) is 0 Å². The van der Waals surface area contributed by atoms with Crippen LogP contribution in [0.1, 0.15) is 0 Å². The number of carbonyl (C=O) groups excluding carboxylic acids is 1. The maximum atomic E-state index is 14.2. The number of urea groups is 1. The van der Waals surface area contributed by atoms with Crippen LogP contribution in [-0.4, -0.2) is 58.9 Å². The fourth-order valence-corrected chi connectivity index (χ4v) is 3.14. The molecule has 0 aliphatic carbocycles. The van der Waals surface area contributed by atoms with E-state index in [1.165, 1.54) is 28.9 Å². The van der Waals surface area contributed by atoms with Crippen molar-refractivity contribution < 1.29 is 18.3 Å². The number of nitrogens with zero attached hydrogens (tertiary/aromatic N) is 4. The Bertz CT molecular complexity index is 1000. The van der Waals surface area contributed by atoms with Crippen molar-refractivity contribution >= 4 is 16.9 Å². The van der Waals surface area contributed by atoms with Crippen LogP contribution in [0, 0.1) is 11.6 Å². The largest absolute Gasteiger partial charge is 0.474 e. The fraction of sp³-hybridized carbons (Fsp3) is 0.263. The number of ether oxygens (including phenoxy) is 1. The number of hydrogen-bond donors (Lipinski definition) is 0. The summed E-state index contributed by atoms with van der Waals surface area (Å²) in [5.74, 6) is -0.673. The molecule has 0 saturated carbocycles. The molecule has 8 heteroatoms. The number of carbonyl (C=O) groups is 1. The molecule has 140 valence electrons. The summed E-state index contributed by atoms with van der Waals surface area (Å²) in [5, 5.41) is 4.78. The molecule has 0 unspecified atom stereocenters. The quantitative estimate of drug-likeness (QED) is 0.692. The Kier molecular flexibility index (Phi) is 4.39. The zero-order chi connectivity index (χ0) is 19.0. The smallest absolute Gasteiger partial charge is 0.319 e. The molecule has 2 heterocycles. The highest BCUT2D eigenvalue weighted by Gasteiger charge is 2.25. The van der Waals surface area contributed by atoms with Gasteiger partial charge in [-0.2, -0.15) is 0 Å². The Morgan fingerprint density at radius 1 is 1.15 bits per heavy atom. The highest BCUT2D eigenvalue weighted by molar-refractivity contribution is 5.86. The van der Waals surface area contributed by atoms with Crippen LogP contribution in [0.3, 0.4) is 0 Å². The zero-order valence-electron chi connectivity index (χ0n) is 14.7. The number of fused-ring (bicyclic) bond motifs is 1. The lowest BCUT2D eigenvalue weighted by Crippen LogP contribution is -2.32. The van der Waals surface area contributed by atoms with Gasteiger partial charge >= 0.3 is 6.03 Å². The molecule has 0 atom stereocenters. The number of likely N-dealkylation sites (N-methyl/N-ethyl adjacent to an activating group) is 1. The number of aromatic nitrogens is 2. The zero-order valence-corrected chi connectivity index (χ0v) is 14.7. The third kappa shape index (κ3) is 3.18. The molecule has 0 radical (unpaired) electrons.